The van der Waals surface area contributed by atoms with E-state index in [9.17, 15) is 0 Å². The molecule has 0 bridgehead atoms. The second-order valence-electron chi connectivity index (χ2n) is 5.90. The maximum Gasteiger partial charge on any atom is 0.128 e. The summed E-state index contributed by atoms with van der Waals surface area (Å²) in [6, 6.07) is 6.21. The lowest BCUT2D eigenvalue weighted by Crippen LogP contribution is -2.58. The van der Waals surface area contributed by atoms with Gasteiger partial charge in [0.25, 0.3) is 0 Å². The second-order valence-corrected chi connectivity index (χ2v) is 5.90. The fraction of sp³-hybridized carbons (Fsp3) is 0.737. The third kappa shape index (κ3) is 4.46. The molecule has 1 spiro atoms. The van der Waals surface area contributed by atoms with Crippen LogP contribution >= 0.6 is 0 Å². The Morgan fingerprint density at radius 2 is 1.71 bits per heavy atom. The fourth-order valence-electron chi connectivity index (χ4n) is 3.48. The van der Waals surface area contributed by atoms with Crippen molar-refractivity contribution in [1.82, 2.24) is 4.98 Å². The molecule has 1 aromatic heterocycles. The summed E-state index contributed by atoms with van der Waals surface area (Å²) >= 11 is 0. The Morgan fingerprint density at radius 1 is 1.10 bits per heavy atom. The Kier molecular flexibility index (Phi) is 7.77. The van der Waals surface area contributed by atoms with E-state index in [2.05, 4.69) is 28.9 Å². The molecule has 1 saturated carbocycles. The standard InChI is InChI=1S/C15H22N2.2C2H6/c1-2-13-6-8-15(9-7-13)11-17(12-15)14-5-3-4-10-16-14;2*1-2/h3-5,10,13H,2,6-9,11-12H2,1H3;2*1-2H3. The van der Waals surface area contributed by atoms with Gasteiger partial charge in [-0.05, 0) is 43.7 Å². The molecular formula is C19H34N2. The quantitative estimate of drug-likeness (QED) is 0.711. The average molecular weight is 290 g/mol. The highest BCUT2D eigenvalue weighted by molar-refractivity contribution is 5.42. The van der Waals surface area contributed by atoms with Gasteiger partial charge >= 0.3 is 0 Å². The summed E-state index contributed by atoms with van der Waals surface area (Å²) in [5.41, 5.74) is 0.642. The molecule has 0 amide bonds. The predicted octanol–water partition coefficient (Wildman–Crippen LogP) is 5.54. The van der Waals surface area contributed by atoms with Gasteiger partial charge in [0.1, 0.15) is 5.82 Å². The molecule has 2 heteroatoms. The minimum absolute atomic E-state index is 0.642. The molecule has 21 heavy (non-hydrogen) atoms. The third-order valence-electron chi connectivity index (χ3n) is 4.77. The van der Waals surface area contributed by atoms with Gasteiger partial charge in [-0.3, -0.25) is 0 Å². The Labute approximate surface area is 132 Å². The fourth-order valence-corrected chi connectivity index (χ4v) is 3.48. The lowest BCUT2D eigenvalue weighted by molar-refractivity contribution is 0.107. The molecule has 0 unspecified atom stereocenters. The van der Waals surface area contributed by atoms with Crippen molar-refractivity contribution >= 4 is 5.82 Å². The van der Waals surface area contributed by atoms with Crippen LogP contribution in [0.5, 0.6) is 0 Å². The van der Waals surface area contributed by atoms with Crippen molar-refractivity contribution < 1.29 is 0 Å². The number of aromatic nitrogens is 1. The van der Waals surface area contributed by atoms with Crippen molar-refractivity contribution in [3.05, 3.63) is 24.4 Å². The van der Waals surface area contributed by atoms with Gasteiger partial charge < -0.3 is 4.90 Å². The van der Waals surface area contributed by atoms with Crippen molar-refractivity contribution in [2.24, 2.45) is 11.3 Å². The van der Waals surface area contributed by atoms with Crippen LogP contribution in [0.4, 0.5) is 5.82 Å². The minimum Gasteiger partial charge on any atom is -0.355 e. The number of anilines is 1. The monoisotopic (exact) mass is 290 g/mol. The molecule has 2 fully saturated rings. The molecule has 1 saturated heterocycles. The molecule has 0 N–H and O–H groups in total. The van der Waals surface area contributed by atoms with E-state index in [0.29, 0.717) is 5.41 Å². The number of nitrogens with zero attached hydrogens (tertiary/aromatic N) is 2. The normalized spacial score (nSPS) is 19.8. The lowest BCUT2D eigenvalue weighted by Gasteiger charge is -2.54. The van der Waals surface area contributed by atoms with E-state index in [4.69, 9.17) is 0 Å². The lowest BCUT2D eigenvalue weighted by atomic mass is 9.65. The van der Waals surface area contributed by atoms with E-state index in [1.54, 1.807) is 0 Å². The van der Waals surface area contributed by atoms with Gasteiger partial charge in [0, 0.05) is 24.7 Å². The first-order chi connectivity index (χ1) is 10.3. The number of hydrogen-bond acceptors (Lipinski definition) is 2. The summed E-state index contributed by atoms with van der Waals surface area (Å²) in [6.07, 6.45) is 9.05. The molecule has 0 radical (unpaired) electrons. The van der Waals surface area contributed by atoms with Crippen LogP contribution in [0.15, 0.2) is 24.4 Å². The Morgan fingerprint density at radius 3 is 2.19 bits per heavy atom. The largest absolute Gasteiger partial charge is 0.355 e. The number of rotatable bonds is 2. The molecule has 0 atom stereocenters. The molecule has 0 aromatic carbocycles. The summed E-state index contributed by atoms with van der Waals surface area (Å²) < 4.78 is 0. The number of pyridine rings is 1. The zero-order chi connectivity index (χ0) is 15.7. The van der Waals surface area contributed by atoms with Gasteiger partial charge in [-0.15, -0.1) is 0 Å². The highest BCUT2D eigenvalue weighted by Gasteiger charge is 2.45. The first kappa shape index (κ1) is 18.0. The van der Waals surface area contributed by atoms with Crippen molar-refractivity contribution in [3.63, 3.8) is 0 Å². The smallest absolute Gasteiger partial charge is 0.128 e. The maximum atomic E-state index is 4.44. The van der Waals surface area contributed by atoms with Crippen molar-refractivity contribution in [3.8, 4) is 0 Å². The molecule has 2 heterocycles. The first-order valence-electron chi connectivity index (χ1n) is 8.97. The van der Waals surface area contributed by atoms with E-state index in [1.165, 1.54) is 45.2 Å². The van der Waals surface area contributed by atoms with E-state index < -0.39 is 0 Å². The van der Waals surface area contributed by atoms with Crippen LogP contribution in [0.25, 0.3) is 0 Å². The van der Waals surface area contributed by atoms with Crippen LogP contribution in [0, 0.1) is 11.3 Å². The zero-order valence-electron chi connectivity index (χ0n) is 14.7. The average Bonchev–Trinajstić information content (AvgIpc) is 2.57. The van der Waals surface area contributed by atoms with Crippen LogP contribution < -0.4 is 4.90 Å². The summed E-state index contributed by atoms with van der Waals surface area (Å²) in [4.78, 5) is 6.87. The molecule has 1 aliphatic heterocycles. The van der Waals surface area contributed by atoms with Crippen molar-refractivity contribution in [2.75, 3.05) is 18.0 Å². The van der Waals surface area contributed by atoms with Gasteiger partial charge in [0.2, 0.25) is 0 Å². The third-order valence-corrected chi connectivity index (χ3v) is 4.77. The van der Waals surface area contributed by atoms with Crippen LogP contribution in [-0.4, -0.2) is 18.1 Å². The Hall–Kier alpha value is -1.05. The highest BCUT2D eigenvalue weighted by Crippen LogP contribution is 2.47. The van der Waals surface area contributed by atoms with Gasteiger partial charge in [-0.1, -0.05) is 47.1 Å². The Balaban J connectivity index is 0.000000510. The van der Waals surface area contributed by atoms with Gasteiger partial charge in [-0.2, -0.15) is 0 Å². The first-order valence-corrected chi connectivity index (χ1v) is 8.97. The van der Waals surface area contributed by atoms with Crippen molar-refractivity contribution in [1.29, 1.82) is 0 Å². The molecule has 1 aromatic rings. The molecular weight excluding hydrogens is 256 g/mol. The Bertz CT molecular complexity index is 358. The topological polar surface area (TPSA) is 16.1 Å². The summed E-state index contributed by atoms with van der Waals surface area (Å²) in [5, 5.41) is 0. The van der Waals surface area contributed by atoms with Crippen LogP contribution in [-0.2, 0) is 0 Å². The van der Waals surface area contributed by atoms with Crippen LogP contribution in [0.3, 0.4) is 0 Å². The van der Waals surface area contributed by atoms with E-state index in [0.717, 1.165) is 11.7 Å². The molecule has 2 nitrogen and oxygen atoms in total. The summed E-state index contributed by atoms with van der Waals surface area (Å²) in [6.45, 7) is 12.8. The molecule has 3 rings (SSSR count). The maximum absolute atomic E-state index is 4.44. The molecule has 1 aliphatic carbocycles. The van der Waals surface area contributed by atoms with E-state index in [-0.39, 0.29) is 0 Å². The predicted molar refractivity (Wildman–Crippen MR) is 93.8 cm³/mol. The van der Waals surface area contributed by atoms with Gasteiger partial charge in [0.15, 0.2) is 0 Å². The molecule has 120 valence electrons. The number of hydrogen-bond donors (Lipinski definition) is 0. The van der Waals surface area contributed by atoms with Crippen LogP contribution in [0.1, 0.15) is 66.7 Å². The summed E-state index contributed by atoms with van der Waals surface area (Å²) in [5.74, 6) is 2.17. The van der Waals surface area contributed by atoms with Gasteiger partial charge in [0.05, 0.1) is 0 Å². The zero-order valence-corrected chi connectivity index (χ0v) is 14.7. The van der Waals surface area contributed by atoms with Gasteiger partial charge in [-0.25, -0.2) is 4.98 Å². The van der Waals surface area contributed by atoms with Crippen molar-refractivity contribution in [2.45, 2.75) is 66.7 Å². The molecule has 2 aliphatic rings. The SMILES string of the molecule is CC.CC.CCC1CCC2(CC1)CN(c1ccccn1)C2. The summed E-state index contributed by atoms with van der Waals surface area (Å²) in [7, 11) is 0. The van der Waals surface area contributed by atoms with E-state index >= 15 is 0 Å². The van der Waals surface area contributed by atoms with E-state index in [1.807, 2.05) is 40.0 Å². The minimum atomic E-state index is 0.642. The highest BCUT2D eigenvalue weighted by atomic mass is 15.3. The second kappa shape index (κ2) is 9.07. The van der Waals surface area contributed by atoms with Crippen LogP contribution in [0.2, 0.25) is 0 Å².